The molecule has 96 valence electrons. The molecule has 3 N–H and O–H groups in total. The summed E-state index contributed by atoms with van der Waals surface area (Å²) in [6.07, 6.45) is 1.95. The van der Waals surface area contributed by atoms with Crippen LogP contribution in [-0.4, -0.2) is 19.3 Å². The lowest BCUT2D eigenvalue weighted by atomic mass is 10.0. The molecule has 1 aromatic carbocycles. The van der Waals surface area contributed by atoms with E-state index in [0.29, 0.717) is 6.61 Å². The van der Waals surface area contributed by atoms with Gasteiger partial charge in [-0.25, -0.2) is 0 Å². The van der Waals surface area contributed by atoms with Gasteiger partial charge < -0.3 is 4.74 Å². The Labute approximate surface area is 104 Å². The predicted octanol–water partition coefficient (Wildman–Crippen LogP) is 2.10. The van der Waals surface area contributed by atoms with Gasteiger partial charge in [-0.05, 0) is 32.3 Å². The van der Waals surface area contributed by atoms with Crippen molar-refractivity contribution in [1.82, 2.24) is 5.43 Å². The first-order chi connectivity index (χ1) is 8.15. The van der Waals surface area contributed by atoms with Gasteiger partial charge in [0.1, 0.15) is 0 Å². The van der Waals surface area contributed by atoms with Crippen LogP contribution in [0.25, 0.3) is 0 Å². The number of nitrogens with one attached hydrogen (secondary N) is 1. The first-order valence-corrected chi connectivity index (χ1v) is 6.26. The van der Waals surface area contributed by atoms with E-state index in [-0.39, 0.29) is 6.04 Å². The Balaban J connectivity index is 2.54. The maximum Gasteiger partial charge on any atom is 0.0636 e. The van der Waals surface area contributed by atoms with E-state index < -0.39 is 0 Å². The molecule has 0 amide bonds. The molecule has 1 rings (SSSR count). The Bertz CT molecular complexity index is 319. The molecule has 0 bridgehead atoms. The van der Waals surface area contributed by atoms with Gasteiger partial charge in [0, 0.05) is 12.6 Å². The van der Waals surface area contributed by atoms with Crippen molar-refractivity contribution < 1.29 is 4.74 Å². The Morgan fingerprint density at radius 3 is 2.41 bits per heavy atom. The highest BCUT2D eigenvalue weighted by atomic mass is 16.5. The van der Waals surface area contributed by atoms with Gasteiger partial charge in [0.2, 0.25) is 0 Å². The summed E-state index contributed by atoms with van der Waals surface area (Å²) < 4.78 is 5.53. The minimum atomic E-state index is 0.183. The highest BCUT2D eigenvalue weighted by molar-refractivity contribution is 5.29. The smallest absolute Gasteiger partial charge is 0.0636 e. The number of ether oxygens (including phenoxy) is 1. The number of hydrazine groups is 1. The number of benzene rings is 1. The number of rotatable bonds is 7. The van der Waals surface area contributed by atoms with Crippen molar-refractivity contribution in [2.45, 2.75) is 39.7 Å². The van der Waals surface area contributed by atoms with Crippen molar-refractivity contribution in [3.63, 3.8) is 0 Å². The fraction of sp³-hybridized carbons (Fsp3) is 0.571. The quantitative estimate of drug-likeness (QED) is 0.433. The Morgan fingerprint density at radius 1 is 1.24 bits per heavy atom. The Kier molecular flexibility index (Phi) is 6.19. The lowest BCUT2D eigenvalue weighted by molar-refractivity contribution is 0.112. The molecular weight excluding hydrogens is 212 g/mol. The third kappa shape index (κ3) is 5.31. The summed E-state index contributed by atoms with van der Waals surface area (Å²) in [5, 5.41) is 0. The largest absolute Gasteiger partial charge is 0.380 e. The topological polar surface area (TPSA) is 47.3 Å². The summed E-state index contributed by atoms with van der Waals surface area (Å²) in [5.74, 6) is 5.55. The van der Waals surface area contributed by atoms with Crippen LogP contribution in [0.2, 0.25) is 0 Å². The first-order valence-electron chi connectivity index (χ1n) is 6.26. The van der Waals surface area contributed by atoms with Crippen LogP contribution in [0, 0.1) is 13.8 Å². The lowest BCUT2D eigenvalue weighted by Crippen LogP contribution is -2.40. The zero-order valence-corrected chi connectivity index (χ0v) is 11.1. The van der Waals surface area contributed by atoms with Gasteiger partial charge in [0.05, 0.1) is 6.61 Å². The van der Waals surface area contributed by atoms with Gasteiger partial charge in [-0.2, -0.15) is 0 Å². The van der Waals surface area contributed by atoms with Crippen LogP contribution < -0.4 is 11.3 Å². The summed E-state index contributed by atoms with van der Waals surface area (Å²) in [6.45, 7) is 7.81. The van der Waals surface area contributed by atoms with Crippen molar-refractivity contribution in [3.8, 4) is 0 Å². The fourth-order valence-corrected chi connectivity index (χ4v) is 2.01. The molecule has 0 saturated heterocycles. The van der Waals surface area contributed by atoms with Gasteiger partial charge in [-0.15, -0.1) is 0 Å². The van der Waals surface area contributed by atoms with Crippen LogP contribution in [-0.2, 0) is 11.2 Å². The van der Waals surface area contributed by atoms with Crippen molar-refractivity contribution in [2.75, 3.05) is 13.2 Å². The average molecular weight is 236 g/mol. The van der Waals surface area contributed by atoms with Crippen LogP contribution in [0.4, 0.5) is 0 Å². The fourth-order valence-electron chi connectivity index (χ4n) is 2.01. The second kappa shape index (κ2) is 7.43. The molecule has 0 spiro atoms. The number of aryl methyl sites for hydroxylation is 2. The van der Waals surface area contributed by atoms with Gasteiger partial charge >= 0.3 is 0 Å². The molecule has 3 heteroatoms. The van der Waals surface area contributed by atoms with E-state index in [9.17, 15) is 0 Å². The highest BCUT2D eigenvalue weighted by Crippen LogP contribution is 2.11. The normalized spacial score (nSPS) is 12.7. The van der Waals surface area contributed by atoms with Crippen LogP contribution in [0.5, 0.6) is 0 Å². The van der Waals surface area contributed by atoms with E-state index in [1.54, 1.807) is 0 Å². The first kappa shape index (κ1) is 14.2. The van der Waals surface area contributed by atoms with Crippen molar-refractivity contribution in [1.29, 1.82) is 0 Å². The predicted molar refractivity (Wildman–Crippen MR) is 71.8 cm³/mol. The van der Waals surface area contributed by atoms with Crippen molar-refractivity contribution in [3.05, 3.63) is 34.9 Å². The highest BCUT2D eigenvalue weighted by Gasteiger charge is 2.08. The minimum absolute atomic E-state index is 0.183. The van der Waals surface area contributed by atoms with Gasteiger partial charge in [-0.3, -0.25) is 11.3 Å². The standard InChI is InChI=1S/C14H24N2O/c1-4-5-17-10-14(16-15)9-13-7-11(2)6-12(3)8-13/h6-8,14,16H,4-5,9-10,15H2,1-3H3. The summed E-state index contributed by atoms with van der Waals surface area (Å²) in [7, 11) is 0. The maximum atomic E-state index is 5.55. The van der Waals surface area contributed by atoms with Crippen LogP contribution in [0.3, 0.4) is 0 Å². The third-order valence-corrected chi connectivity index (χ3v) is 2.67. The molecule has 0 aliphatic rings. The molecule has 0 fully saturated rings. The second-order valence-electron chi connectivity index (χ2n) is 4.64. The van der Waals surface area contributed by atoms with Gasteiger partial charge in [0.15, 0.2) is 0 Å². The molecule has 0 aliphatic carbocycles. The maximum absolute atomic E-state index is 5.55. The second-order valence-corrected chi connectivity index (χ2v) is 4.64. The van der Waals surface area contributed by atoms with E-state index in [1.165, 1.54) is 16.7 Å². The number of nitrogens with two attached hydrogens (primary N) is 1. The molecule has 0 heterocycles. The molecule has 17 heavy (non-hydrogen) atoms. The lowest BCUT2D eigenvalue weighted by Gasteiger charge is -2.16. The molecule has 0 aliphatic heterocycles. The molecule has 1 aromatic rings. The van der Waals surface area contributed by atoms with E-state index in [2.05, 4.69) is 44.4 Å². The number of hydrogen-bond acceptors (Lipinski definition) is 3. The molecule has 0 radical (unpaired) electrons. The zero-order chi connectivity index (χ0) is 12.7. The molecular formula is C14H24N2O. The monoisotopic (exact) mass is 236 g/mol. The molecule has 0 saturated carbocycles. The van der Waals surface area contributed by atoms with Crippen molar-refractivity contribution in [2.24, 2.45) is 5.84 Å². The average Bonchev–Trinajstić information content (AvgIpc) is 2.26. The minimum Gasteiger partial charge on any atom is -0.380 e. The molecule has 0 aromatic heterocycles. The van der Waals surface area contributed by atoms with E-state index in [4.69, 9.17) is 10.6 Å². The molecule has 3 nitrogen and oxygen atoms in total. The zero-order valence-electron chi connectivity index (χ0n) is 11.1. The van der Waals surface area contributed by atoms with Crippen molar-refractivity contribution >= 4 is 0 Å². The summed E-state index contributed by atoms with van der Waals surface area (Å²) >= 11 is 0. The van der Waals surface area contributed by atoms with Crippen LogP contribution in [0.15, 0.2) is 18.2 Å². The van der Waals surface area contributed by atoms with E-state index >= 15 is 0 Å². The molecule has 1 unspecified atom stereocenters. The summed E-state index contributed by atoms with van der Waals surface area (Å²) in [6, 6.07) is 6.78. The van der Waals surface area contributed by atoms with Crippen LogP contribution in [0.1, 0.15) is 30.0 Å². The SMILES string of the molecule is CCCOCC(Cc1cc(C)cc(C)c1)NN. The Hall–Kier alpha value is -0.900. The third-order valence-electron chi connectivity index (χ3n) is 2.67. The van der Waals surface area contributed by atoms with Gasteiger partial charge in [0.25, 0.3) is 0 Å². The summed E-state index contributed by atoms with van der Waals surface area (Å²) in [5.41, 5.74) is 6.73. The Morgan fingerprint density at radius 2 is 1.88 bits per heavy atom. The van der Waals surface area contributed by atoms with E-state index in [1.807, 2.05) is 0 Å². The van der Waals surface area contributed by atoms with E-state index in [0.717, 1.165) is 19.4 Å². The summed E-state index contributed by atoms with van der Waals surface area (Å²) in [4.78, 5) is 0. The molecule has 1 atom stereocenters. The van der Waals surface area contributed by atoms with Gasteiger partial charge in [-0.1, -0.05) is 36.2 Å². The number of hydrogen-bond donors (Lipinski definition) is 2. The van der Waals surface area contributed by atoms with Crippen LogP contribution >= 0.6 is 0 Å².